The van der Waals surface area contributed by atoms with Gasteiger partial charge in [-0.2, -0.15) is 0 Å². The van der Waals surface area contributed by atoms with Crippen molar-refractivity contribution < 1.29 is 4.79 Å². The zero-order valence-electron chi connectivity index (χ0n) is 20.7. The third-order valence-electron chi connectivity index (χ3n) is 6.29. The molecule has 5 rings (SSSR count). The van der Waals surface area contributed by atoms with Gasteiger partial charge in [0.1, 0.15) is 24.0 Å². The Morgan fingerprint density at radius 3 is 2.80 bits per heavy atom. The number of rotatable bonds is 7. The van der Waals surface area contributed by atoms with E-state index in [4.69, 9.17) is 9.97 Å². The molecule has 0 bridgehead atoms. The second-order valence-corrected chi connectivity index (χ2v) is 10.9. The normalized spacial score (nSPS) is 15.9. The number of aromatic nitrogens is 5. The standard InChI is InChI=1S/C26H31N7OS/c1-16(2)11-24-30-20-7-5-6-8-22(20)33(24)15-25(34)32-10-9-19(14-32)21-12-23(29-18(4)28-21)31-26-27-13-17(3)35-26/h5-8,12-13,16,19H,9-11,14-15H2,1-4H3,(H,27,28,29,31)/t19-/m1/s1. The summed E-state index contributed by atoms with van der Waals surface area (Å²) in [6.45, 7) is 10.00. The Kier molecular flexibility index (Phi) is 6.51. The molecular weight excluding hydrogens is 458 g/mol. The molecule has 182 valence electrons. The molecule has 0 radical (unpaired) electrons. The Morgan fingerprint density at radius 1 is 1.20 bits per heavy atom. The molecule has 1 N–H and O–H groups in total. The monoisotopic (exact) mass is 489 g/mol. The van der Waals surface area contributed by atoms with Crippen LogP contribution in [0.3, 0.4) is 0 Å². The van der Waals surface area contributed by atoms with Crippen molar-refractivity contribution in [2.24, 2.45) is 5.92 Å². The van der Waals surface area contributed by atoms with Crippen molar-refractivity contribution in [3.8, 4) is 0 Å². The lowest BCUT2D eigenvalue weighted by atomic mass is 10.0. The summed E-state index contributed by atoms with van der Waals surface area (Å²) in [5.41, 5.74) is 2.94. The third kappa shape index (κ3) is 5.19. The molecule has 1 aliphatic rings. The number of nitrogens with zero attached hydrogens (tertiary/aromatic N) is 6. The highest BCUT2D eigenvalue weighted by molar-refractivity contribution is 7.15. The molecule has 3 aromatic heterocycles. The SMILES string of the molecule is Cc1nc(Nc2ncc(C)s2)cc([C@@H]2CCN(C(=O)Cn3c(CC(C)C)nc4ccccc43)C2)n1. The number of nitrogens with one attached hydrogen (secondary N) is 1. The number of carbonyl (C=O) groups is 1. The first-order valence-electron chi connectivity index (χ1n) is 12.1. The van der Waals surface area contributed by atoms with E-state index in [1.807, 2.05) is 55.3 Å². The molecule has 35 heavy (non-hydrogen) atoms. The van der Waals surface area contributed by atoms with Crippen LogP contribution < -0.4 is 5.32 Å². The summed E-state index contributed by atoms with van der Waals surface area (Å²) < 4.78 is 2.10. The van der Waals surface area contributed by atoms with Gasteiger partial charge in [0.2, 0.25) is 5.91 Å². The van der Waals surface area contributed by atoms with Gasteiger partial charge in [-0.3, -0.25) is 4.79 Å². The highest BCUT2D eigenvalue weighted by Crippen LogP contribution is 2.29. The predicted octanol–water partition coefficient (Wildman–Crippen LogP) is 4.86. The largest absolute Gasteiger partial charge is 0.340 e. The first-order chi connectivity index (χ1) is 16.9. The molecule has 4 aromatic rings. The minimum absolute atomic E-state index is 0.128. The second-order valence-electron chi connectivity index (χ2n) is 9.65. The number of amides is 1. The molecule has 9 heteroatoms. The number of benzene rings is 1. The van der Waals surface area contributed by atoms with Gasteiger partial charge in [0.25, 0.3) is 0 Å². The summed E-state index contributed by atoms with van der Waals surface area (Å²) >= 11 is 1.59. The number of anilines is 2. The predicted molar refractivity (Wildman–Crippen MR) is 139 cm³/mol. The molecule has 4 heterocycles. The minimum Gasteiger partial charge on any atom is -0.340 e. The number of aryl methyl sites for hydroxylation is 2. The van der Waals surface area contributed by atoms with E-state index in [9.17, 15) is 4.79 Å². The van der Waals surface area contributed by atoms with Gasteiger partial charge < -0.3 is 14.8 Å². The minimum atomic E-state index is 0.128. The maximum absolute atomic E-state index is 13.4. The fraction of sp³-hybridized carbons (Fsp3) is 0.423. The number of thiazole rings is 1. The van der Waals surface area contributed by atoms with Gasteiger partial charge in [-0.25, -0.2) is 19.9 Å². The molecule has 1 aliphatic heterocycles. The van der Waals surface area contributed by atoms with E-state index in [0.717, 1.165) is 57.8 Å². The first kappa shape index (κ1) is 23.4. The van der Waals surface area contributed by atoms with Crippen LogP contribution >= 0.6 is 11.3 Å². The van der Waals surface area contributed by atoms with Crippen LogP contribution in [0.1, 0.15) is 48.4 Å². The number of carbonyl (C=O) groups excluding carboxylic acids is 1. The average molecular weight is 490 g/mol. The van der Waals surface area contributed by atoms with Crippen molar-refractivity contribution in [3.63, 3.8) is 0 Å². The molecular formula is C26H31N7OS. The fourth-order valence-electron chi connectivity index (χ4n) is 4.67. The summed E-state index contributed by atoms with van der Waals surface area (Å²) in [7, 11) is 0. The molecule has 0 unspecified atom stereocenters. The fourth-order valence-corrected chi connectivity index (χ4v) is 5.34. The van der Waals surface area contributed by atoms with Gasteiger partial charge in [-0.05, 0) is 38.3 Å². The molecule has 1 amide bonds. The summed E-state index contributed by atoms with van der Waals surface area (Å²) in [5, 5.41) is 4.12. The summed E-state index contributed by atoms with van der Waals surface area (Å²) in [5.74, 6) is 3.22. The van der Waals surface area contributed by atoms with Gasteiger partial charge in [0.15, 0.2) is 5.13 Å². The molecule has 1 atom stereocenters. The summed E-state index contributed by atoms with van der Waals surface area (Å²) in [6, 6.07) is 10.1. The van der Waals surface area contributed by atoms with E-state index in [0.29, 0.717) is 24.8 Å². The number of hydrogen-bond acceptors (Lipinski definition) is 7. The quantitative estimate of drug-likeness (QED) is 0.399. The van der Waals surface area contributed by atoms with E-state index >= 15 is 0 Å². The maximum atomic E-state index is 13.4. The van der Waals surface area contributed by atoms with Crippen molar-refractivity contribution >= 4 is 39.2 Å². The van der Waals surface area contributed by atoms with Crippen LogP contribution in [0.5, 0.6) is 0 Å². The van der Waals surface area contributed by atoms with Gasteiger partial charge in [-0.1, -0.05) is 26.0 Å². The Bertz CT molecular complexity index is 1360. The zero-order chi connectivity index (χ0) is 24.5. The van der Waals surface area contributed by atoms with E-state index in [2.05, 4.69) is 33.7 Å². The van der Waals surface area contributed by atoms with E-state index < -0.39 is 0 Å². The van der Waals surface area contributed by atoms with Crippen LogP contribution in [0.2, 0.25) is 0 Å². The smallest absolute Gasteiger partial charge is 0.242 e. The highest BCUT2D eigenvalue weighted by atomic mass is 32.1. The van der Waals surface area contributed by atoms with Crippen LogP contribution in [0, 0.1) is 19.8 Å². The van der Waals surface area contributed by atoms with Crippen LogP contribution in [0.4, 0.5) is 10.9 Å². The second kappa shape index (κ2) is 9.73. The van der Waals surface area contributed by atoms with Crippen molar-refractivity contribution in [2.75, 3.05) is 18.4 Å². The van der Waals surface area contributed by atoms with E-state index in [-0.39, 0.29) is 11.8 Å². The van der Waals surface area contributed by atoms with Crippen molar-refractivity contribution in [1.29, 1.82) is 0 Å². The van der Waals surface area contributed by atoms with E-state index in [1.54, 1.807) is 11.3 Å². The Balaban J connectivity index is 1.31. The first-order valence-corrected chi connectivity index (χ1v) is 12.9. The van der Waals surface area contributed by atoms with Crippen molar-refractivity contribution in [3.05, 3.63) is 58.7 Å². The number of imidazole rings is 1. The Morgan fingerprint density at radius 2 is 2.03 bits per heavy atom. The number of hydrogen-bond donors (Lipinski definition) is 1. The van der Waals surface area contributed by atoms with Gasteiger partial charge >= 0.3 is 0 Å². The van der Waals surface area contributed by atoms with Crippen molar-refractivity contribution in [2.45, 2.75) is 53.0 Å². The molecule has 8 nitrogen and oxygen atoms in total. The molecule has 0 aliphatic carbocycles. The summed E-state index contributed by atoms with van der Waals surface area (Å²) in [6.07, 6.45) is 3.58. The average Bonchev–Trinajstić information content (AvgIpc) is 3.53. The number of fused-ring (bicyclic) bond motifs is 1. The van der Waals surface area contributed by atoms with Gasteiger partial charge in [-0.15, -0.1) is 11.3 Å². The maximum Gasteiger partial charge on any atom is 0.242 e. The zero-order valence-corrected chi connectivity index (χ0v) is 21.5. The number of para-hydroxylation sites is 2. The lowest BCUT2D eigenvalue weighted by Crippen LogP contribution is -2.32. The molecule has 0 saturated carbocycles. The number of likely N-dealkylation sites (tertiary alicyclic amines) is 1. The molecule has 0 spiro atoms. The van der Waals surface area contributed by atoms with E-state index in [1.165, 1.54) is 0 Å². The third-order valence-corrected chi connectivity index (χ3v) is 7.12. The Hall–Kier alpha value is -3.33. The molecule has 1 saturated heterocycles. The van der Waals surface area contributed by atoms with Crippen LogP contribution in [0.15, 0.2) is 36.5 Å². The lowest BCUT2D eigenvalue weighted by Gasteiger charge is -2.19. The van der Waals surface area contributed by atoms with Gasteiger partial charge in [0.05, 0.1) is 16.7 Å². The van der Waals surface area contributed by atoms with Gasteiger partial charge in [0, 0.05) is 42.6 Å². The highest BCUT2D eigenvalue weighted by Gasteiger charge is 2.29. The van der Waals surface area contributed by atoms with Crippen molar-refractivity contribution in [1.82, 2.24) is 29.4 Å². The van der Waals surface area contributed by atoms with Crippen LogP contribution in [-0.4, -0.2) is 48.4 Å². The lowest BCUT2D eigenvalue weighted by molar-refractivity contribution is -0.130. The molecule has 1 aromatic carbocycles. The Labute approximate surface area is 209 Å². The topological polar surface area (TPSA) is 88.8 Å². The summed E-state index contributed by atoms with van der Waals surface area (Å²) in [4.78, 5) is 34.9. The molecule has 1 fully saturated rings. The van der Waals surface area contributed by atoms with Crippen LogP contribution in [0.25, 0.3) is 11.0 Å². The van der Waals surface area contributed by atoms with Crippen LogP contribution in [-0.2, 0) is 17.8 Å².